The summed E-state index contributed by atoms with van der Waals surface area (Å²) in [6.07, 6.45) is 2.16. The van der Waals surface area contributed by atoms with Crippen LogP contribution < -0.4 is 5.32 Å². The molecule has 1 N–H and O–H groups in total. The Morgan fingerprint density at radius 3 is 2.36 bits per heavy atom. The number of hydrogen-bond acceptors (Lipinski definition) is 2. The third kappa shape index (κ3) is 6.55. The van der Waals surface area contributed by atoms with Gasteiger partial charge in [-0.15, -0.1) is 0 Å². The highest BCUT2D eigenvalue weighted by Gasteiger charge is 2.19. The molecule has 2 atom stereocenters. The summed E-state index contributed by atoms with van der Waals surface area (Å²) in [6, 6.07) is 0.487. The summed E-state index contributed by atoms with van der Waals surface area (Å²) in [5.41, 5.74) is 0. The van der Waals surface area contributed by atoms with Gasteiger partial charge in [-0.25, -0.2) is 0 Å². The van der Waals surface area contributed by atoms with Crippen molar-refractivity contribution in [2.24, 2.45) is 0 Å². The van der Waals surface area contributed by atoms with Crippen LogP contribution in [-0.4, -0.2) is 27.3 Å². The van der Waals surface area contributed by atoms with Gasteiger partial charge in [0, 0.05) is 27.3 Å². The van der Waals surface area contributed by atoms with Crippen molar-refractivity contribution in [1.82, 2.24) is 5.32 Å². The summed E-state index contributed by atoms with van der Waals surface area (Å²) >= 11 is 0. The number of hydrogen-bond donors (Lipinski definition) is 1. The third-order valence-electron chi connectivity index (χ3n) is 2.16. The molecule has 0 saturated heterocycles. The zero-order valence-electron chi connectivity index (χ0n) is 10.2. The zero-order chi connectivity index (χ0) is 11.2. The van der Waals surface area contributed by atoms with Crippen LogP contribution in [0, 0.1) is 0 Å². The van der Waals surface area contributed by atoms with E-state index < -0.39 is 10.8 Å². The van der Waals surface area contributed by atoms with E-state index >= 15 is 0 Å². The van der Waals surface area contributed by atoms with Crippen molar-refractivity contribution in [2.45, 2.75) is 58.2 Å². The molecule has 0 radical (unpaired) electrons. The van der Waals surface area contributed by atoms with Gasteiger partial charge >= 0.3 is 0 Å². The topological polar surface area (TPSA) is 29.1 Å². The molecule has 0 saturated carbocycles. The summed E-state index contributed by atoms with van der Waals surface area (Å²) in [7, 11) is -0.703. The van der Waals surface area contributed by atoms with Gasteiger partial charge in [0.05, 0.1) is 0 Å². The van der Waals surface area contributed by atoms with Crippen LogP contribution in [0.25, 0.3) is 0 Å². The first-order chi connectivity index (χ1) is 6.38. The van der Waals surface area contributed by atoms with Crippen molar-refractivity contribution in [3.63, 3.8) is 0 Å². The monoisotopic (exact) mass is 219 g/mol. The first-order valence-electron chi connectivity index (χ1n) is 5.49. The van der Waals surface area contributed by atoms with E-state index in [1.165, 1.54) is 0 Å². The average molecular weight is 219 g/mol. The van der Waals surface area contributed by atoms with Crippen molar-refractivity contribution in [1.29, 1.82) is 0 Å². The van der Waals surface area contributed by atoms with Crippen LogP contribution >= 0.6 is 0 Å². The second-order valence-corrected chi connectivity index (χ2v) is 7.13. The normalized spacial score (nSPS) is 16.6. The Hall–Kier alpha value is 0.110. The van der Waals surface area contributed by atoms with Crippen molar-refractivity contribution in [3.05, 3.63) is 0 Å². The van der Waals surface area contributed by atoms with Gasteiger partial charge in [0.15, 0.2) is 0 Å². The van der Waals surface area contributed by atoms with Crippen LogP contribution in [0.4, 0.5) is 0 Å². The molecule has 14 heavy (non-hydrogen) atoms. The van der Waals surface area contributed by atoms with Gasteiger partial charge in [-0.05, 0) is 47.1 Å². The van der Waals surface area contributed by atoms with E-state index in [2.05, 4.69) is 19.2 Å². The lowest BCUT2D eigenvalue weighted by Gasteiger charge is -2.19. The SMILES string of the molecule is CCCNC(C)CCS(=O)C(C)(C)C. The molecule has 0 aromatic heterocycles. The van der Waals surface area contributed by atoms with E-state index in [1.54, 1.807) is 0 Å². The highest BCUT2D eigenvalue weighted by atomic mass is 32.2. The van der Waals surface area contributed by atoms with Crippen LogP contribution in [0.2, 0.25) is 0 Å². The molecule has 0 spiro atoms. The standard InChI is InChI=1S/C11H25NOS/c1-6-8-12-10(2)7-9-14(13)11(3,4)5/h10,12H,6-9H2,1-5H3. The number of nitrogens with one attached hydrogen (secondary N) is 1. The molecule has 86 valence electrons. The summed E-state index contributed by atoms with van der Waals surface area (Å²) < 4.78 is 11.7. The third-order valence-corrected chi connectivity index (χ3v) is 4.13. The maximum Gasteiger partial charge on any atom is 0.0375 e. The predicted octanol–water partition coefficient (Wildman–Crippen LogP) is 2.31. The minimum atomic E-state index is -0.703. The molecule has 0 aromatic rings. The molecule has 0 aliphatic rings. The highest BCUT2D eigenvalue weighted by Crippen LogP contribution is 2.12. The zero-order valence-corrected chi connectivity index (χ0v) is 11.0. The molecular formula is C11H25NOS. The fraction of sp³-hybridized carbons (Fsp3) is 1.00. The molecule has 0 bridgehead atoms. The van der Waals surface area contributed by atoms with Crippen LogP contribution in [0.1, 0.15) is 47.5 Å². The Balaban J connectivity index is 3.67. The quantitative estimate of drug-likeness (QED) is 0.743. The van der Waals surface area contributed by atoms with Crippen LogP contribution in [0.5, 0.6) is 0 Å². The summed E-state index contributed by atoms with van der Waals surface area (Å²) in [5, 5.41) is 3.40. The molecular weight excluding hydrogens is 194 g/mol. The van der Waals surface area contributed by atoms with Crippen molar-refractivity contribution in [3.8, 4) is 0 Å². The first-order valence-corrected chi connectivity index (χ1v) is 6.81. The fourth-order valence-corrected chi connectivity index (χ4v) is 2.26. The Bertz CT molecular complexity index is 175. The molecule has 0 fully saturated rings. The van der Waals surface area contributed by atoms with Crippen LogP contribution in [-0.2, 0) is 10.8 Å². The van der Waals surface area contributed by atoms with Gasteiger partial charge in [-0.2, -0.15) is 0 Å². The molecule has 0 heterocycles. The molecule has 2 nitrogen and oxygen atoms in total. The Morgan fingerprint density at radius 2 is 1.93 bits per heavy atom. The van der Waals surface area contributed by atoms with E-state index in [4.69, 9.17) is 0 Å². The Morgan fingerprint density at radius 1 is 1.36 bits per heavy atom. The first kappa shape index (κ1) is 14.1. The molecule has 0 amide bonds. The Labute approximate surface area is 91.3 Å². The number of rotatable bonds is 6. The maximum absolute atomic E-state index is 11.7. The Kier molecular flexibility index (Phi) is 6.62. The van der Waals surface area contributed by atoms with E-state index in [-0.39, 0.29) is 4.75 Å². The highest BCUT2D eigenvalue weighted by molar-refractivity contribution is 7.86. The molecule has 3 heteroatoms. The van der Waals surface area contributed by atoms with Crippen LogP contribution in [0.3, 0.4) is 0 Å². The lowest BCUT2D eigenvalue weighted by atomic mass is 10.2. The lowest BCUT2D eigenvalue weighted by molar-refractivity contribution is 0.531. The van der Waals surface area contributed by atoms with Gasteiger partial charge < -0.3 is 5.32 Å². The maximum atomic E-state index is 11.7. The predicted molar refractivity (Wildman–Crippen MR) is 65.1 cm³/mol. The van der Waals surface area contributed by atoms with E-state index in [9.17, 15) is 4.21 Å². The summed E-state index contributed by atoms with van der Waals surface area (Å²) in [5.74, 6) is 0.807. The molecule has 0 rings (SSSR count). The average Bonchev–Trinajstić information content (AvgIpc) is 2.09. The summed E-state index contributed by atoms with van der Waals surface area (Å²) in [6.45, 7) is 11.5. The smallest absolute Gasteiger partial charge is 0.0375 e. The second-order valence-electron chi connectivity index (χ2n) is 4.81. The molecule has 2 unspecified atom stereocenters. The minimum absolute atomic E-state index is 0.0650. The molecule has 0 aromatic carbocycles. The molecule has 0 aliphatic heterocycles. The molecule has 0 aliphatic carbocycles. The minimum Gasteiger partial charge on any atom is -0.314 e. The van der Waals surface area contributed by atoms with Gasteiger partial charge in [0.1, 0.15) is 0 Å². The van der Waals surface area contributed by atoms with Gasteiger partial charge in [0.2, 0.25) is 0 Å². The summed E-state index contributed by atoms with van der Waals surface area (Å²) in [4.78, 5) is 0. The van der Waals surface area contributed by atoms with Crippen LogP contribution in [0.15, 0.2) is 0 Å². The largest absolute Gasteiger partial charge is 0.314 e. The lowest BCUT2D eigenvalue weighted by Crippen LogP contribution is -2.31. The van der Waals surface area contributed by atoms with Crippen molar-refractivity contribution in [2.75, 3.05) is 12.3 Å². The van der Waals surface area contributed by atoms with E-state index in [0.29, 0.717) is 6.04 Å². The van der Waals surface area contributed by atoms with Gasteiger partial charge in [-0.1, -0.05) is 6.92 Å². The van der Waals surface area contributed by atoms with Gasteiger partial charge in [-0.3, -0.25) is 4.21 Å². The van der Waals surface area contributed by atoms with Crippen molar-refractivity contribution >= 4 is 10.8 Å². The van der Waals surface area contributed by atoms with E-state index in [1.807, 2.05) is 20.8 Å². The van der Waals surface area contributed by atoms with Crippen molar-refractivity contribution < 1.29 is 4.21 Å². The fourth-order valence-electron chi connectivity index (χ4n) is 1.08. The van der Waals surface area contributed by atoms with E-state index in [0.717, 1.165) is 25.1 Å². The second kappa shape index (κ2) is 6.57. The van der Waals surface area contributed by atoms with Gasteiger partial charge in [0.25, 0.3) is 0 Å².